The molecule has 0 radical (unpaired) electrons. The first-order valence-electron chi connectivity index (χ1n) is 7.38. The van der Waals surface area contributed by atoms with Gasteiger partial charge in [-0.2, -0.15) is 0 Å². The van der Waals surface area contributed by atoms with Crippen LogP contribution in [0, 0.1) is 5.92 Å². The summed E-state index contributed by atoms with van der Waals surface area (Å²) >= 11 is 0. The second-order valence-electron chi connectivity index (χ2n) is 4.36. The highest BCUT2D eigenvalue weighted by Gasteiger charge is 2.38. The van der Waals surface area contributed by atoms with E-state index in [-0.39, 0.29) is 24.8 Å². The van der Waals surface area contributed by atoms with Crippen molar-refractivity contribution in [2.24, 2.45) is 5.92 Å². The van der Waals surface area contributed by atoms with Gasteiger partial charge in [0.2, 0.25) is 0 Å². The molecule has 114 valence electrons. The minimum Gasteiger partial charge on any atom is -0.353 e. The molecular weight excluding hydrogens is 248 g/mol. The average Bonchev–Trinajstić information content (AvgIpc) is 2.40. The van der Waals surface area contributed by atoms with E-state index in [1.54, 1.807) is 0 Å². The third kappa shape index (κ3) is 5.36. The minimum atomic E-state index is -0.321. The Morgan fingerprint density at radius 3 is 2.05 bits per heavy atom. The quantitative estimate of drug-likeness (QED) is 0.606. The highest BCUT2D eigenvalue weighted by molar-refractivity contribution is 4.74. The van der Waals surface area contributed by atoms with Crippen molar-refractivity contribution in [2.75, 3.05) is 26.4 Å². The second kappa shape index (κ2) is 9.66. The van der Waals surface area contributed by atoms with E-state index in [2.05, 4.69) is 0 Å². The molecule has 0 amide bonds. The summed E-state index contributed by atoms with van der Waals surface area (Å²) in [7, 11) is 0. The molecule has 0 aliphatic carbocycles. The van der Waals surface area contributed by atoms with E-state index in [0.29, 0.717) is 26.4 Å². The van der Waals surface area contributed by atoms with Gasteiger partial charge in [-0.25, -0.2) is 0 Å². The normalized spacial score (nSPS) is 27.9. The average molecular weight is 276 g/mol. The molecule has 0 bridgehead atoms. The van der Waals surface area contributed by atoms with Gasteiger partial charge in [-0.15, -0.1) is 0 Å². The second-order valence-corrected chi connectivity index (χ2v) is 4.36. The summed E-state index contributed by atoms with van der Waals surface area (Å²) < 4.78 is 28.4. The number of hydrogen-bond donors (Lipinski definition) is 0. The molecule has 0 saturated carbocycles. The maximum atomic E-state index is 5.85. The zero-order valence-electron chi connectivity index (χ0n) is 12.6. The van der Waals surface area contributed by atoms with Crippen LogP contribution in [-0.2, 0) is 23.7 Å². The van der Waals surface area contributed by atoms with Gasteiger partial charge < -0.3 is 23.7 Å². The van der Waals surface area contributed by atoms with Crippen LogP contribution in [0.1, 0.15) is 40.5 Å². The molecule has 0 aromatic carbocycles. The zero-order valence-corrected chi connectivity index (χ0v) is 12.6. The first-order valence-corrected chi connectivity index (χ1v) is 7.38. The van der Waals surface area contributed by atoms with Crippen LogP contribution in [0.25, 0.3) is 0 Å². The highest BCUT2D eigenvalue weighted by atomic mass is 16.8. The molecule has 1 rings (SSSR count). The highest BCUT2D eigenvalue weighted by Crippen LogP contribution is 2.31. The molecule has 0 N–H and O–H groups in total. The van der Waals surface area contributed by atoms with Crippen LogP contribution in [0.3, 0.4) is 0 Å². The monoisotopic (exact) mass is 276 g/mol. The van der Waals surface area contributed by atoms with Crippen LogP contribution < -0.4 is 0 Å². The van der Waals surface area contributed by atoms with Gasteiger partial charge in [0.05, 0.1) is 5.92 Å². The maximum absolute atomic E-state index is 5.85. The van der Waals surface area contributed by atoms with Crippen LogP contribution in [0.5, 0.6) is 0 Å². The summed E-state index contributed by atoms with van der Waals surface area (Å²) in [6, 6.07) is 0. The van der Waals surface area contributed by atoms with E-state index in [1.165, 1.54) is 0 Å². The Bertz CT molecular complexity index is 218. The molecule has 1 heterocycles. The third-order valence-corrected chi connectivity index (χ3v) is 3.07. The van der Waals surface area contributed by atoms with E-state index in [1.807, 2.05) is 27.7 Å². The SMILES string of the molecule is CCOC1CCC(C(OCC)OCC)C(OCC)O1. The predicted molar refractivity (Wildman–Crippen MR) is 71.7 cm³/mol. The Kier molecular flexibility index (Phi) is 8.57. The fraction of sp³-hybridized carbons (Fsp3) is 1.00. The van der Waals surface area contributed by atoms with Gasteiger partial charge in [0.1, 0.15) is 0 Å². The largest absolute Gasteiger partial charge is 0.353 e. The van der Waals surface area contributed by atoms with Crippen LogP contribution in [0.4, 0.5) is 0 Å². The Balaban J connectivity index is 2.62. The van der Waals surface area contributed by atoms with Crippen molar-refractivity contribution in [1.82, 2.24) is 0 Å². The summed E-state index contributed by atoms with van der Waals surface area (Å²) in [6.45, 7) is 10.3. The Morgan fingerprint density at radius 1 is 0.895 bits per heavy atom. The standard InChI is InChI=1S/C14H28O5/c1-5-15-12-10-9-11(14(19-12)18-8-4)13(16-6-2)17-7-3/h11-14H,5-10H2,1-4H3. The molecular formula is C14H28O5. The summed E-state index contributed by atoms with van der Waals surface area (Å²) in [5.74, 6) is 0.0940. The lowest BCUT2D eigenvalue weighted by Gasteiger charge is -2.39. The van der Waals surface area contributed by atoms with Gasteiger partial charge in [-0.1, -0.05) is 0 Å². The van der Waals surface area contributed by atoms with E-state index >= 15 is 0 Å². The number of hydrogen-bond acceptors (Lipinski definition) is 5. The van der Waals surface area contributed by atoms with Crippen molar-refractivity contribution < 1.29 is 23.7 Å². The molecule has 0 spiro atoms. The smallest absolute Gasteiger partial charge is 0.168 e. The van der Waals surface area contributed by atoms with Gasteiger partial charge in [-0.05, 0) is 40.5 Å². The van der Waals surface area contributed by atoms with E-state index in [9.17, 15) is 0 Å². The topological polar surface area (TPSA) is 46.2 Å². The van der Waals surface area contributed by atoms with Crippen molar-refractivity contribution in [3.8, 4) is 0 Å². The van der Waals surface area contributed by atoms with E-state index in [4.69, 9.17) is 23.7 Å². The van der Waals surface area contributed by atoms with Crippen LogP contribution in [-0.4, -0.2) is 45.3 Å². The van der Waals surface area contributed by atoms with Crippen LogP contribution in [0.15, 0.2) is 0 Å². The van der Waals surface area contributed by atoms with Crippen LogP contribution in [0.2, 0.25) is 0 Å². The van der Waals surface area contributed by atoms with Crippen molar-refractivity contribution >= 4 is 0 Å². The number of ether oxygens (including phenoxy) is 5. The Morgan fingerprint density at radius 2 is 1.53 bits per heavy atom. The van der Waals surface area contributed by atoms with Gasteiger partial charge in [0.25, 0.3) is 0 Å². The molecule has 3 atom stereocenters. The minimum absolute atomic E-state index is 0.0940. The fourth-order valence-electron chi connectivity index (χ4n) is 2.31. The molecule has 3 unspecified atom stereocenters. The van der Waals surface area contributed by atoms with Crippen molar-refractivity contribution in [3.63, 3.8) is 0 Å². The molecule has 1 fully saturated rings. The van der Waals surface area contributed by atoms with E-state index < -0.39 is 0 Å². The summed E-state index contributed by atoms with van der Waals surface area (Å²) in [6.07, 6.45) is 0.993. The molecule has 1 aliphatic heterocycles. The predicted octanol–water partition coefficient (Wildman–Crippen LogP) is 2.54. The maximum Gasteiger partial charge on any atom is 0.168 e. The molecule has 0 aromatic heterocycles. The summed E-state index contributed by atoms with van der Waals surface area (Å²) in [4.78, 5) is 0. The molecule has 1 saturated heterocycles. The molecule has 1 aliphatic rings. The lowest BCUT2D eigenvalue weighted by atomic mass is 9.98. The lowest BCUT2D eigenvalue weighted by Crippen LogP contribution is -2.45. The van der Waals surface area contributed by atoms with Crippen molar-refractivity contribution in [2.45, 2.75) is 59.4 Å². The Hall–Kier alpha value is -0.200. The van der Waals surface area contributed by atoms with Gasteiger partial charge >= 0.3 is 0 Å². The van der Waals surface area contributed by atoms with E-state index in [0.717, 1.165) is 12.8 Å². The molecule has 19 heavy (non-hydrogen) atoms. The van der Waals surface area contributed by atoms with Crippen molar-refractivity contribution in [3.05, 3.63) is 0 Å². The fourth-order valence-corrected chi connectivity index (χ4v) is 2.31. The van der Waals surface area contributed by atoms with Gasteiger partial charge in [0.15, 0.2) is 18.9 Å². The van der Waals surface area contributed by atoms with Crippen LogP contribution >= 0.6 is 0 Å². The van der Waals surface area contributed by atoms with Crippen molar-refractivity contribution in [1.29, 1.82) is 0 Å². The Labute approximate surface area is 116 Å². The first-order chi connectivity index (χ1) is 9.26. The third-order valence-electron chi connectivity index (χ3n) is 3.07. The molecule has 0 aromatic rings. The summed E-state index contributed by atoms with van der Waals surface area (Å²) in [5, 5.41) is 0. The summed E-state index contributed by atoms with van der Waals surface area (Å²) in [5.41, 5.74) is 0. The zero-order chi connectivity index (χ0) is 14.1. The number of rotatable bonds is 9. The lowest BCUT2D eigenvalue weighted by molar-refractivity contribution is -0.318. The molecule has 5 heteroatoms. The van der Waals surface area contributed by atoms with Gasteiger partial charge in [-0.3, -0.25) is 0 Å². The molecule has 5 nitrogen and oxygen atoms in total. The van der Waals surface area contributed by atoms with Gasteiger partial charge in [0, 0.05) is 26.4 Å². The first kappa shape index (κ1) is 16.9.